The highest BCUT2D eigenvalue weighted by Gasteiger charge is 2.54. The fraction of sp³-hybridized carbons (Fsp3) is 0.296. The van der Waals surface area contributed by atoms with Crippen molar-refractivity contribution < 1.29 is 9.53 Å². The number of anilines is 1. The van der Waals surface area contributed by atoms with Crippen LogP contribution in [-0.4, -0.2) is 30.4 Å². The monoisotopic (exact) mass is 412 g/mol. The first kappa shape index (κ1) is 19.7. The van der Waals surface area contributed by atoms with E-state index in [2.05, 4.69) is 11.4 Å². The minimum atomic E-state index is 0.165. The molecule has 1 saturated heterocycles. The summed E-state index contributed by atoms with van der Waals surface area (Å²) in [5, 5.41) is 3.62. The summed E-state index contributed by atoms with van der Waals surface area (Å²) in [6.45, 7) is 2.66. The summed E-state index contributed by atoms with van der Waals surface area (Å²) >= 11 is 0. The van der Waals surface area contributed by atoms with Gasteiger partial charge in [0.1, 0.15) is 5.75 Å². The van der Waals surface area contributed by atoms with Crippen molar-refractivity contribution in [2.45, 2.75) is 19.3 Å². The fourth-order valence-electron chi connectivity index (χ4n) is 4.80. The molecule has 5 rings (SSSR count). The van der Waals surface area contributed by atoms with Crippen LogP contribution in [0.2, 0.25) is 0 Å². The fourth-order valence-corrected chi connectivity index (χ4v) is 4.80. The zero-order valence-corrected chi connectivity index (χ0v) is 17.7. The molecular formula is C27H28N2O2. The van der Waals surface area contributed by atoms with Crippen LogP contribution in [0.3, 0.4) is 0 Å². The Balaban J connectivity index is 1.15. The van der Waals surface area contributed by atoms with Crippen LogP contribution in [0.4, 0.5) is 5.69 Å². The molecule has 1 saturated carbocycles. The van der Waals surface area contributed by atoms with E-state index in [1.807, 2.05) is 83.8 Å². The van der Waals surface area contributed by atoms with E-state index in [1.165, 1.54) is 6.42 Å². The molecule has 3 aromatic rings. The van der Waals surface area contributed by atoms with Crippen molar-refractivity contribution in [3.8, 4) is 11.5 Å². The molecule has 1 aliphatic carbocycles. The van der Waals surface area contributed by atoms with Gasteiger partial charge < -0.3 is 15.0 Å². The number of hydrogen-bond acceptors (Lipinski definition) is 3. The molecule has 1 spiro atoms. The van der Waals surface area contributed by atoms with E-state index in [1.54, 1.807) is 0 Å². The highest BCUT2D eigenvalue weighted by Crippen LogP contribution is 2.59. The van der Waals surface area contributed by atoms with Gasteiger partial charge in [-0.2, -0.15) is 0 Å². The third-order valence-electron chi connectivity index (χ3n) is 6.82. The minimum absolute atomic E-state index is 0.165. The Morgan fingerprint density at radius 2 is 1.55 bits per heavy atom. The molecule has 1 N–H and O–H groups in total. The summed E-state index contributed by atoms with van der Waals surface area (Å²) in [6, 6.07) is 27.6. The highest BCUT2D eigenvalue weighted by atomic mass is 16.5. The Morgan fingerprint density at radius 1 is 0.903 bits per heavy atom. The highest BCUT2D eigenvalue weighted by molar-refractivity contribution is 5.94. The van der Waals surface area contributed by atoms with Gasteiger partial charge >= 0.3 is 0 Å². The lowest BCUT2D eigenvalue weighted by atomic mass is 9.90. The smallest absolute Gasteiger partial charge is 0.253 e. The van der Waals surface area contributed by atoms with E-state index < -0.39 is 0 Å². The number of amides is 1. The Labute approximate surface area is 183 Å². The Bertz CT molecular complexity index is 1030. The summed E-state index contributed by atoms with van der Waals surface area (Å²) < 4.78 is 6.07. The number of carbonyl (C=O) groups excluding carboxylic acids is 1. The molecular weight excluding hydrogens is 384 g/mol. The normalized spacial score (nSPS) is 19.1. The zero-order valence-electron chi connectivity index (χ0n) is 17.7. The van der Waals surface area contributed by atoms with Crippen molar-refractivity contribution in [3.63, 3.8) is 0 Å². The maximum Gasteiger partial charge on any atom is 0.253 e. The van der Waals surface area contributed by atoms with Gasteiger partial charge in [0.15, 0.2) is 5.75 Å². The molecule has 1 unspecified atom stereocenters. The second kappa shape index (κ2) is 8.46. The molecule has 0 aromatic heterocycles. The molecule has 3 aromatic carbocycles. The predicted molar refractivity (Wildman–Crippen MR) is 124 cm³/mol. The minimum Gasteiger partial charge on any atom is -0.455 e. The predicted octanol–water partition coefficient (Wildman–Crippen LogP) is 5.83. The second-order valence-corrected chi connectivity index (χ2v) is 8.71. The van der Waals surface area contributed by atoms with Gasteiger partial charge in [0.25, 0.3) is 5.91 Å². The molecule has 4 nitrogen and oxygen atoms in total. The number of carbonyl (C=O) groups is 1. The van der Waals surface area contributed by atoms with Crippen LogP contribution >= 0.6 is 0 Å². The van der Waals surface area contributed by atoms with Crippen molar-refractivity contribution in [3.05, 3.63) is 90.5 Å². The van der Waals surface area contributed by atoms with Crippen molar-refractivity contribution in [1.29, 1.82) is 0 Å². The van der Waals surface area contributed by atoms with E-state index in [9.17, 15) is 4.79 Å². The summed E-state index contributed by atoms with van der Waals surface area (Å²) in [5.41, 5.74) is 2.22. The molecule has 0 bridgehead atoms. The summed E-state index contributed by atoms with van der Waals surface area (Å²) in [7, 11) is 0. The number of benzene rings is 3. The molecule has 1 atom stereocenters. The van der Waals surface area contributed by atoms with Gasteiger partial charge in [0.2, 0.25) is 0 Å². The van der Waals surface area contributed by atoms with Gasteiger partial charge in [-0.1, -0.05) is 48.5 Å². The average Bonchev–Trinajstić information content (AvgIpc) is 3.51. The van der Waals surface area contributed by atoms with Crippen molar-refractivity contribution in [2.75, 3.05) is 25.0 Å². The van der Waals surface area contributed by atoms with Gasteiger partial charge in [0.05, 0.1) is 5.69 Å². The maximum atomic E-state index is 12.7. The van der Waals surface area contributed by atoms with Crippen LogP contribution < -0.4 is 10.1 Å². The quantitative estimate of drug-likeness (QED) is 0.554. The van der Waals surface area contributed by atoms with Crippen LogP contribution in [0.5, 0.6) is 11.5 Å². The van der Waals surface area contributed by atoms with E-state index in [4.69, 9.17) is 4.74 Å². The molecule has 2 aliphatic rings. The number of nitrogens with one attached hydrogen (secondary N) is 1. The molecule has 0 radical (unpaired) electrons. The molecule has 2 fully saturated rings. The van der Waals surface area contributed by atoms with Gasteiger partial charge in [-0.15, -0.1) is 0 Å². The maximum absolute atomic E-state index is 12.7. The van der Waals surface area contributed by atoms with Gasteiger partial charge in [-0.05, 0) is 67.0 Å². The van der Waals surface area contributed by atoms with E-state index in [-0.39, 0.29) is 5.91 Å². The molecule has 1 amide bonds. The number of rotatable bonds is 6. The molecule has 4 heteroatoms. The Hall–Kier alpha value is -3.27. The van der Waals surface area contributed by atoms with Crippen LogP contribution in [0.25, 0.3) is 0 Å². The number of ether oxygens (including phenoxy) is 1. The third kappa shape index (κ3) is 4.29. The molecule has 1 aliphatic heterocycles. The SMILES string of the molecule is O=C(c1ccccc1)N1CCC2(CC1)CC2CNc1ccccc1Oc1ccccc1. The van der Waals surface area contributed by atoms with Crippen molar-refractivity contribution >= 4 is 11.6 Å². The lowest BCUT2D eigenvalue weighted by Crippen LogP contribution is -2.39. The molecule has 31 heavy (non-hydrogen) atoms. The number of nitrogens with zero attached hydrogens (tertiary/aromatic N) is 1. The molecule has 1 heterocycles. The van der Waals surface area contributed by atoms with Gasteiger partial charge in [-0.25, -0.2) is 0 Å². The number of hydrogen-bond donors (Lipinski definition) is 1. The van der Waals surface area contributed by atoms with Gasteiger partial charge in [0, 0.05) is 25.2 Å². The standard InChI is InChI=1S/C27H28N2O2/c30-26(21-9-3-1-4-10-21)29-17-15-27(16-18-29)19-22(27)20-28-24-13-7-8-14-25(24)31-23-11-5-2-6-12-23/h1-14,22,28H,15-20H2. The summed E-state index contributed by atoms with van der Waals surface area (Å²) in [5.74, 6) is 2.52. The van der Waals surface area contributed by atoms with Crippen molar-refractivity contribution in [2.24, 2.45) is 11.3 Å². The second-order valence-electron chi connectivity index (χ2n) is 8.71. The van der Waals surface area contributed by atoms with Crippen LogP contribution in [0, 0.1) is 11.3 Å². The van der Waals surface area contributed by atoms with Crippen LogP contribution in [-0.2, 0) is 0 Å². The van der Waals surface area contributed by atoms with E-state index in [0.717, 1.165) is 55.2 Å². The van der Waals surface area contributed by atoms with Gasteiger partial charge in [-0.3, -0.25) is 4.79 Å². The first-order chi connectivity index (χ1) is 15.2. The van der Waals surface area contributed by atoms with Crippen LogP contribution in [0.15, 0.2) is 84.9 Å². The van der Waals surface area contributed by atoms with E-state index >= 15 is 0 Å². The topological polar surface area (TPSA) is 41.6 Å². The number of para-hydroxylation sites is 3. The van der Waals surface area contributed by atoms with Crippen molar-refractivity contribution in [1.82, 2.24) is 4.90 Å². The first-order valence-electron chi connectivity index (χ1n) is 11.1. The third-order valence-corrected chi connectivity index (χ3v) is 6.82. The molecule has 158 valence electrons. The zero-order chi connectivity index (χ0) is 21.1. The average molecular weight is 413 g/mol. The van der Waals surface area contributed by atoms with E-state index in [0.29, 0.717) is 11.3 Å². The first-order valence-corrected chi connectivity index (χ1v) is 11.1. The number of likely N-dealkylation sites (tertiary alicyclic amines) is 1. The lowest BCUT2D eigenvalue weighted by Gasteiger charge is -2.33. The summed E-state index contributed by atoms with van der Waals surface area (Å²) in [6.07, 6.45) is 3.44. The lowest BCUT2D eigenvalue weighted by molar-refractivity contribution is 0.0670. The Morgan fingerprint density at radius 3 is 2.29 bits per heavy atom. The Kier molecular flexibility index (Phi) is 5.37. The number of piperidine rings is 1. The van der Waals surface area contributed by atoms with Crippen LogP contribution in [0.1, 0.15) is 29.6 Å². The summed E-state index contributed by atoms with van der Waals surface area (Å²) in [4.78, 5) is 14.7. The largest absolute Gasteiger partial charge is 0.455 e.